The molecular formula is C11H20. The summed E-state index contributed by atoms with van der Waals surface area (Å²) in [6.07, 6.45) is 1.43. The largest absolute Gasteiger partial charge is 0.0716 e. The third-order valence-corrected chi connectivity index (χ3v) is 3.15. The summed E-state index contributed by atoms with van der Waals surface area (Å²) in [6, 6.07) is 0. The molecule has 64 valence electrons. The van der Waals surface area contributed by atoms with Crippen LogP contribution in [0.4, 0.5) is 0 Å². The van der Waals surface area contributed by atoms with E-state index in [0.717, 1.165) is 17.8 Å². The van der Waals surface area contributed by atoms with Crippen molar-refractivity contribution in [3.63, 3.8) is 0 Å². The molecule has 1 saturated carbocycles. The number of hydrogen-bond acceptors (Lipinski definition) is 0. The molecule has 0 aliphatic heterocycles. The number of hydrogen-bond donors (Lipinski definition) is 0. The summed E-state index contributed by atoms with van der Waals surface area (Å²) in [5.41, 5.74) is 3.27. The zero-order valence-corrected chi connectivity index (χ0v) is 8.44. The van der Waals surface area contributed by atoms with Gasteiger partial charge in [-0.3, -0.25) is 0 Å². The van der Waals surface area contributed by atoms with Gasteiger partial charge in [-0.1, -0.05) is 31.9 Å². The molecule has 0 nitrogen and oxygen atoms in total. The second-order valence-corrected chi connectivity index (χ2v) is 4.34. The van der Waals surface area contributed by atoms with Crippen LogP contribution >= 0.6 is 0 Å². The van der Waals surface area contributed by atoms with Gasteiger partial charge in [0.15, 0.2) is 0 Å². The fourth-order valence-corrected chi connectivity index (χ4v) is 1.67. The van der Waals surface area contributed by atoms with Crippen LogP contribution in [-0.4, -0.2) is 0 Å². The summed E-state index contributed by atoms with van der Waals surface area (Å²) >= 11 is 0. The molecule has 1 aliphatic rings. The van der Waals surface area contributed by atoms with Gasteiger partial charge in [0.25, 0.3) is 0 Å². The van der Waals surface area contributed by atoms with Gasteiger partial charge in [0.1, 0.15) is 0 Å². The molecule has 0 spiro atoms. The number of rotatable bonds is 2. The number of allylic oxidation sites excluding steroid dienone is 2. The molecule has 0 radical (unpaired) electrons. The first-order valence-electron chi connectivity index (χ1n) is 4.71. The molecule has 0 bridgehead atoms. The fourth-order valence-electron chi connectivity index (χ4n) is 1.67. The Morgan fingerprint density at radius 3 is 2.00 bits per heavy atom. The molecular weight excluding hydrogens is 132 g/mol. The van der Waals surface area contributed by atoms with Crippen LogP contribution in [0.5, 0.6) is 0 Å². The van der Waals surface area contributed by atoms with Crippen LogP contribution in [0.3, 0.4) is 0 Å². The standard InChI is InChI=1S/C11H20/c1-7(2)9(4)10(5)11-6-8(11)3/h7-8,11H,6H2,1-5H3. The minimum Gasteiger partial charge on any atom is -0.0716 e. The topological polar surface area (TPSA) is 0 Å². The zero-order valence-electron chi connectivity index (χ0n) is 8.44. The minimum absolute atomic E-state index is 0.739. The van der Waals surface area contributed by atoms with Crippen LogP contribution < -0.4 is 0 Å². The molecule has 1 rings (SSSR count). The van der Waals surface area contributed by atoms with Crippen molar-refractivity contribution < 1.29 is 0 Å². The Morgan fingerprint density at radius 1 is 1.27 bits per heavy atom. The summed E-state index contributed by atoms with van der Waals surface area (Å²) in [7, 11) is 0. The normalized spacial score (nSPS) is 32.2. The van der Waals surface area contributed by atoms with Gasteiger partial charge in [-0.25, -0.2) is 0 Å². The van der Waals surface area contributed by atoms with E-state index < -0.39 is 0 Å². The van der Waals surface area contributed by atoms with E-state index in [9.17, 15) is 0 Å². The van der Waals surface area contributed by atoms with E-state index in [1.807, 2.05) is 0 Å². The summed E-state index contributed by atoms with van der Waals surface area (Å²) < 4.78 is 0. The van der Waals surface area contributed by atoms with E-state index in [0.29, 0.717) is 0 Å². The van der Waals surface area contributed by atoms with Crippen LogP contribution in [0.15, 0.2) is 11.1 Å². The van der Waals surface area contributed by atoms with Crippen molar-refractivity contribution in [1.82, 2.24) is 0 Å². The molecule has 0 heteroatoms. The average molecular weight is 152 g/mol. The first kappa shape index (κ1) is 8.83. The van der Waals surface area contributed by atoms with Crippen molar-refractivity contribution in [3.8, 4) is 0 Å². The van der Waals surface area contributed by atoms with Gasteiger partial charge in [0.2, 0.25) is 0 Å². The van der Waals surface area contributed by atoms with Crippen molar-refractivity contribution in [2.45, 2.75) is 41.0 Å². The van der Waals surface area contributed by atoms with E-state index in [-0.39, 0.29) is 0 Å². The molecule has 1 fully saturated rings. The van der Waals surface area contributed by atoms with Crippen molar-refractivity contribution in [1.29, 1.82) is 0 Å². The highest BCUT2D eigenvalue weighted by Gasteiger charge is 2.34. The van der Waals surface area contributed by atoms with E-state index in [1.54, 1.807) is 11.1 Å². The fraction of sp³-hybridized carbons (Fsp3) is 0.818. The van der Waals surface area contributed by atoms with Gasteiger partial charge in [0.05, 0.1) is 0 Å². The smallest absolute Gasteiger partial charge is 0.0175 e. The third kappa shape index (κ3) is 1.85. The second kappa shape index (κ2) is 3.00. The zero-order chi connectivity index (χ0) is 8.59. The highest BCUT2D eigenvalue weighted by Crippen LogP contribution is 2.45. The van der Waals surface area contributed by atoms with Gasteiger partial charge < -0.3 is 0 Å². The summed E-state index contributed by atoms with van der Waals surface area (Å²) in [6.45, 7) is 11.5. The maximum absolute atomic E-state index is 2.35. The van der Waals surface area contributed by atoms with Crippen LogP contribution in [0, 0.1) is 17.8 Å². The summed E-state index contributed by atoms with van der Waals surface area (Å²) in [5, 5.41) is 0. The lowest BCUT2D eigenvalue weighted by atomic mass is 9.96. The Bertz CT molecular complexity index is 174. The van der Waals surface area contributed by atoms with Crippen molar-refractivity contribution >= 4 is 0 Å². The summed E-state index contributed by atoms with van der Waals surface area (Å²) in [4.78, 5) is 0. The predicted molar refractivity (Wildman–Crippen MR) is 50.5 cm³/mol. The lowest BCUT2D eigenvalue weighted by Crippen LogP contribution is -1.95. The molecule has 11 heavy (non-hydrogen) atoms. The first-order valence-corrected chi connectivity index (χ1v) is 4.71. The Balaban J connectivity index is 2.63. The Morgan fingerprint density at radius 2 is 1.73 bits per heavy atom. The molecule has 0 aromatic heterocycles. The third-order valence-electron chi connectivity index (χ3n) is 3.15. The highest BCUT2D eigenvalue weighted by atomic mass is 14.4. The van der Waals surface area contributed by atoms with Crippen LogP contribution in [-0.2, 0) is 0 Å². The Hall–Kier alpha value is -0.260. The van der Waals surface area contributed by atoms with E-state index in [4.69, 9.17) is 0 Å². The monoisotopic (exact) mass is 152 g/mol. The molecule has 0 heterocycles. The Labute approximate surface area is 70.7 Å². The lowest BCUT2D eigenvalue weighted by Gasteiger charge is -2.10. The summed E-state index contributed by atoms with van der Waals surface area (Å²) in [5.74, 6) is 2.63. The molecule has 0 aromatic rings. The van der Waals surface area contributed by atoms with Crippen LogP contribution in [0.25, 0.3) is 0 Å². The minimum atomic E-state index is 0.739. The maximum Gasteiger partial charge on any atom is -0.0175 e. The van der Waals surface area contributed by atoms with Crippen LogP contribution in [0.2, 0.25) is 0 Å². The molecule has 0 saturated heterocycles. The van der Waals surface area contributed by atoms with Crippen molar-refractivity contribution in [2.75, 3.05) is 0 Å². The SMILES string of the molecule is CC(=C(C)C1CC1C)C(C)C. The van der Waals surface area contributed by atoms with Crippen LogP contribution in [0.1, 0.15) is 41.0 Å². The van der Waals surface area contributed by atoms with Crippen molar-refractivity contribution in [3.05, 3.63) is 11.1 Å². The van der Waals surface area contributed by atoms with Gasteiger partial charge >= 0.3 is 0 Å². The molecule has 0 amide bonds. The van der Waals surface area contributed by atoms with Gasteiger partial charge in [0, 0.05) is 0 Å². The predicted octanol–water partition coefficient (Wildman–Crippen LogP) is 3.63. The van der Waals surface area contributed by atoms with Gasteiger partial charge in [-0.15, -0.1) is 0 Å². The van der Waals surface area contributed by atoms with E-state index >= 15 is 0 Å². The second-order valence-electron chi connectivity index (χ2n) is 4.34. The van der Waals surface area contributed by atoms with Gasteiger partial charge in [-0.05, 0) is 38.0 Å². The molecule has 0 N–H and O–H groups in total. The lowest BCUT2D eigenvalue weighted by molar-refractivity contribution is 0.727. The average Bonchev–Trinajstić information content (AvgIpc) is 2.63. The Kier molecular flexibility index (Phi) is 2.41. The first-order chi connectivity index (χ1) is 5.04. The van der Waals surface area contributed by atoms with Crippen molar-refractivity contribution in [2.24, 2.45) is 17.8 Å². The molecule has 2 atom stereocenters. The highest BCUT2D eigenvalue weighted by molar-refractivity contribution is 5.20. The molecule has 2 unspecified atom stereocenters. The molecule has 0 aromatic carbocycles. The quantitative estimate of drug-likeness (QED) is 0.530. The maximum atomic E-state index is 2.35. The molecule has 1 aliphatic carbocycles. The van der Waals surface area contributed by atoms with Gasteiger partial charge in [-0.2, -0.15) is 0 Å². The van der Waals surface area contributed by atoms with E-state index in [2.05, 4.69) is 34.6 Å². The van der Waals surface area contributed by atoms with E-state index in [1.165, 1.54) is 6.42 Å².